The molecule has 0 radical (unpaired) electrons. The van der Waals surface area contributed by atoms with Crippen LogP contribution in [0.2, 0.25) is 0 Å². The Labute approximate surface area is 164 Å². The van der Waals surface area contributed by atoms with Crippen LogP contribution in [0.25, 0.3) is 6.08 Å². The van der Waals surface area contributed by atoms with Crippen molar-refractivity contribution in [3.63, 3.8) is 0 Å². The highest BCUT2D eigenvalue weighted by molar-refractivity contribution is 5.92. The predicted molar refractivity (Wildman–Crippen MR) is 105 cm³/mol. The first kappa shape index (κ1) is 19.7. The standard InChI is InChI=1S/C22H22FN3O2/c23-20-7-3-6-18(14-20)21(26-10-12-28-13-11-26)16-25-22(27)9-8-17-4-1-2-5-19(17)15-24/h1-9,14,21H,10-13,16H2,(H,25,27)/b9-8+. The number of nitriles is 1. The second-order valence-corrected chi connectivity index (χ2v) is 6.50. The second-order valence-electron chi connectivity index (χ2n) is 6.50. The van der Waals surface area contributed by atoms with Gasteiger partial charge in [0.2, 0.25) is 5.91 Å². The summed E-state index contributed by atoms with van der Waals surface area (Å²) in [5.74, 6) is -0.558. The van der Waals surface area contributed by atoms with E-state index in [9.17, 15) is 9.18 Å². The van der Waals surface area contributed by atoms with Gasteiger partial charge in [0.25, 0.3) is 0 Å². The van der Waals surface area contributed by atoms with Gasteiger partial charge in [-0.15, -0.1) is 0 Å². The van der Waals surface area contributed by atoms with Crippen molar-refractivity contribution in [2.24, 2.45) is 0 Å². The number of hydrogen-bond donors (Lipinski definition) is 1. The third-order valence-electron chi connectivity index (χ3n) is 4.69. The predicted octanol–water partition coefficient (Wildman–Crippen LogP) is 2.90. The van der Waals surface area contributed by atoms with Crippen LogP contribution in [-0.2, 0) is 9.53 Å². The molecule has 1 unspecified atom stereocenters. The normalized spacial score (nSPS) is 15.9. The molecule has 6 heteroatoms. The summed E-state index contributed by atoms with van der Waals surface area (Å²) in [6, 6.07) is 15.5. The topological polar surface area (TPSA) is 65.4 Å². The third kappa shape index (κ3) is 5.26. The van der Waals surface area contributed by atoms with Crippen LogP contribution in [0.1, 0.15) is 22.7 Å². The molecule has 1 atom stereocenters. The lowest BCUT2D eigenvalue weighted by Gasteiger charge is -2.34. The van der Waals surface area contributed by atoms with Crippen molar-refractivity contribution in [2.75, 3.05) is 32.8 Å². The van der Waals surface area contributed by atoms with Crippen molar-refractivity contribution in [1.29, 1.82) is 5.26 Å². The van der Waals surface area contributed by atoms with Crippen molar-refractivity contribution >= 4 is 12.0 Å². The van der Waals surface area contributed by atoms with Gasteiger partial charge in [-0.1, -0.05) is 30.3 Å². The zero-order valence-electron chi connectivity index (χ0n) is 15.5. The molecule has 3 rings (SSSR count). The number of morpholine rings is 1. The van der Waals surface area contributed by atoms with Gasteiger partial charge in [0.1, 0.15) is 5.82 Å². The number of rotatable bonds is 6. The second kappa shape index (κ2) is 9.79. The average molecular weight is 379 g/mol. The fraction of sp³-hybridized carbons (Fsp3) is 0.273. The molecule has 0 saturated carbocycles. The van der Waals surface area contributed by atoms with Gasteiger partial charge in [0.05, 0.1) is 30.9 Å². The summed E-state index contributed by atoms with van der Waals surface area (Å²) in [7, 11) is 0. The van der Waals surface area contributed by atoms with Gasteiger partial charge in [-0.25, -0.2) is 4.39 Å². The Morgan fingerprint density at radius 3 is 2.79 bits per heavy atom. The fourth-order valence-corrected chi connectivity index (χ4v) is 3.23. The van der Waals surface area contributed by atoms with E-state index in [-0.39, 0.29) is 17.8 Å². The summed E-state index contributed by atoms with van der Waals surface area (Å²) >= 11 is 0. The van der Waals surface area contributed by atoms with Gasteiger partial charge >= 0.3 is 0 Å². The first-order valence-electron chi connectivity index (χ1n) is 9.19. The Morgan fingerprint density at radius 2 is 2.04 bits per heavy atom. The van der Waals surface area contributed by atoms with E-state index < -0.39 is 0 Å². The number of amides is 1. The molecule has 0 aromatic heterocycles. The van der Waals surface area contributed by atoms with Crippen LogP contribution in [-0.4, -0.2) is 43.7 Å². The molecule has 2 aromatic carbocycles. The SMILES string of the molecule is N#Cc1ccccc1/C=C/C(=O)NCC(c1cccc(F)c1)N1CCOCC1. The smallest absolute Gasteiger partial charge is 0.244 e. The van der Waals surface area contributed by atoms with E-state index in [0.29, 0.717) is 30.9 Å². The number of nitrogens with zero attached hydrogens (tertiary/aromatic N) is 2. The molecule has 1 amide bonds. The molecular weight excluding hydrogens is 357 g/mol. The van der Waals surface area contributed by atoms with Crippen molar-refractivity contribution in [3.05, 3.63) is 77.1 Å². The Kier molecular flexibility index (Phi) is 6.90. The summed E-state index contributed by atoms with van der Waals surface area (Å²) in [4.78, 5) is 14.5. The van der Waals surface area contributed by atoms with Gasteiger partial charge in [0, 0.05) is 25.7 Å². The molecule has 1 N–H and O–H groups in total. The van der Waals surface area contributed by atoms with E-state index in [1.54, 1.807) is 30.3 Å². The highest BCUT2D eigenvalue weighted by Crippen LogP contribution is 2.22. The molecule has 1 aliphatic rings. The first-order chi connectivity index (χ1) is 13.7. The maximum Gasteiger partial charge on any atom is 0.244 e. The zero-order chi connectivity index (χ0) is 19.8. The highest BCUT2D eigenvalue weighted by Gasteiger charge is 2.23. The summed E-state index contributed by atoms with van der Waals surface area (Å²) in [5, 5.41) is 12.0. The van der Waals surface area contributed by atoms with Crippen LogP contribution in [0.5, 0.6) is 0 Å². The minimum absolute atomic E-state index is 0.136. The van der Waals surface area contributed by atoms with Crippen molar-refractivity contribution < 1.29 is 13.9 Å². The molecule has 1 aliphatic heterocycles. The Morgan fingerprint density at radius 1 is 1.25 bits per heavy atom. The van der Waals surface area contributed by atoms with Gasteiger partial charge in [-0.05, 0) is 35.4 Å². The van der Waals surface area contributed by atoms with Crippen LogP contribution in [0, 0.1) is 17.1 Å². The zero-order valence-corrected chi connectivity index (χ0v) is 15.5. The quantitative estimate of drug-likeness (QED) is 0.784. The lowest BCUT2D eigenvalue weighted by atomic mass is 10.0. The number of hydrogen-bond acceptors (Lipinski definition) is 4. The maximum atomic E-state index is 13.7. The molecule has 0 bridgehead atoms. The molecule has 0 spiro atoms. The molecule has 5 nitrogen and oxygen atoms in total. The average Bonchev–Trinajstić information content (AvgIpc) is 2.73. The van der Waals surface area contributed by atoms with E-state index in [1.165, 1.54) is 18.2 Å². The Bertz CT molecular complexity index is 885. The van der Waals surface area contributed by atoms with Crippen LogP contribution in [0.3, 0.4) is 0 Å². The van der Waals surface area contributed by atoms with Crippen LogP contribution >= 0.6 is 0 Å². The summed E-state index contributed by atoms with van der Waals surface area (Å²) in [5.41, 5.74) is 2.02. The highest BCUT2D eigenvalue weighted by atomic mass is 19.1. The Balaban J connectivity index is 1.68. The number of carbonyl (C=O) groups is 1. The molecule has 2 aromatic rings. The van der Waals surface area contributed by atoms with Gasteiger partial charge < -0.3 is 10.1 Å². The first-order valence-corrected chi connectivity index (χ1v) is 9.19. The van der Waals surface area contributed by atoms with E-state index in [2.05, 4.69) is 16.3 Å². The molecule has 0 aliphatic carbocycles. The van der Waals surface area contributed by atoms with E-state index in [4.69, 9.17) is 10.00 Å². The van der Waals surface area contributed by atoms with Gasteiger partial charge in [0.15, 0.2) is 0 Å². The summed E-state index contributed by atoms with van der Waals surface area (Å²) in [6.45, 7) is 3.03. The number of halogens is 1. The van der Waals surface area contributed by atoms with Gasteiger partial charge in [-0.2, -0.15) is 5.26 Å². The van der Waals surface area contributed by atoms with Gasteiger partial charge in [-0.3, -0.25) is 9.69 Å². The number of ether oxygens (including phenoxy) is 1. The molecule has 1 saturated heterocycles. The van der Waals surface area contributed by atoms with Crippen molar-refractivity contribution in [2.45, 2.75) is 6.04 Å². The number of nitrogens with one attached hydrogen (secondary N) is 1. The molecule has 28 heavy (non-hydrogen) atoms. The maximum absolute atomic E-state index is 13.7. The van der Waals surface area contributed by atoms with Crippen LogP contribution in [0.15, 0.2) is 54.6 Å². The van der Waals surface area contributed by atoms with Crippen LogP contribution in [0.4, 0.5) is 4.39 Å². The van der Waals surface area contributed by atoms with E-state index in [1.807, 2.05) is 12.1 Å². The van der Waals surface area contributed by atoms with Crippen molar-refractivity contribution in [1.82, 2.24) is 10.2 Å². The monoisotopic (exact) mass is 379 g/mol. The number of benzene rings is 2. The Hall–Kier alpha value is -3.01. The lowest BCUT2D eigenvalue weighted by Crippen LogP contribution is -2.43. The molecule has 1 heterocycles. The number of carbonyl (C=O) groups excluding carboxylic acids is 1. The molecule has 144 valence electrons. The van der Waals surface area contributed by atoms with E-state index >= 15 is 0 Å². The van der Waals surface area contributed by atoms with E-state index in [0.717, 1.165) is 18.7 Å². The molecular formula is C22H22FN3O2. The lowest BCUT2D eigenvalue weighted by molar-refractivity contribution is -0.116. The minimum atomic E-state index is -0.296. The summed E-state index contributed by atoms with van der Waals surface area (Å²) < 4.78 is 19.1. The fourth-order valence-electron chi connectivity index (χ4n) is 3.23. The van der Waals surface area contributed by atoms with Crippen LogP contribution < -0.4 is 5.32 Å². The minimum Gasteiger partial charge on any atom is -0.379 e. The van der Waals surface area contributed by atoms with Crippen molar-refractivity contribution in [3.8, 4) is 6.07 Å². The largest absolute Gasteiger partial charge is 0.379 e. The third-order valence-corrected chi connectivity index (χ3v) is 4.69. The molecule has 1 fully saturated rings. The summed E-state index contributed by atoms with van der Waals surface area (Å²) in [6.07, 6.45) is 3.04.